The number of hydrogen-bond donors (Lipinski definition) is 1. The Morgan fingerprint density at radius 2 is 2.03 bits per heavy atom. The molecule has 158 valence electrons. The lowest BCUT2D eigenvalue weighted by atomic mass is 10.1. The van der Waals surface area contributed by atoms with E-state index >= 15 is 0 Å². The number of carbonyl (C=O) groups is 1. The van der Waals surface area contributed by atoms with Gasteiger partial charge >= 0.3 is 0 Å². The molecule has 0 aliphatic heterocycles. The normalized spacial score (nSPS) is 15.0. The van der Waals surface area contributed by atoms with Gasteiger partial charge in [0.15, 0.2) is 0 Å². The molecule has 1 N–H and O–H groups in total. The Labute approximate surface area is 178 Å². The zero-order valence-electron chi connectivity index (χ0n) is 18.4. The number of likely N-dealkylation sites (N-methyl/N-ethyl adjacent to an activating group) is 1. The van der Waals surface area contributed by atoms with Gasteiger partial charge in [-0.1, -0.05) is 0 Å². The monoisotopic (exact) mass is 406 g/mol. The maximum Gasteiger partial charge on any atom is 0.262 e. The molecule has 0 spiro atoms. The fourth-order valence-corrected chi connectivity index (χ4v) is 3.69. The van der Waals surface area contributed by atoms with Gasteiger partial charge in [-0.15, -0.1) is 0 Å². The average molecular weight is 407 g/mol. The lowest BCUT2D eigenvalue weighted by Crippen LogP contribution is -2.41. The van der Waals surface area contributed by atoms with Gasteiger partial charge in [0, 0.05) is 35.7 Å². The molecular weight excluding hydrogens is 376 g/mol. The molecule has 1 aliphatic carbocycles. The van der Waals surface area contributed by atoms with Crippen LogP contribution in [-0.2, 0) is 4.79 Å². The van der Waals surface area contributed by atoms with E-state index in [1.165, 1.54) is 12.8 Å². The zero-order valence-corrected chi connectivity index (χ0v) is 18.4. The Morgan fingerprint density at radius 1 is 1.37 bits per heavy atom. The molecule has 0 bridgehead atoms. The first-order chi connectivity index (χ1) is 14.3. The van der Waals surface area contributed by atoms with E-state index < -0.39 is 0 Å². The predicted molar refractivity (Wildman–Crippen MR) is 119 cm³/mol. The van der Waals surface area contributed by atoms with Crippen LogP contribution in [0.3, 0.4) is 0 Å². The van der Waals surface area contributed by atoms with Crippen LogP contribution < -0.4 is 10.1 Å². The highest BCUT2D eigenvalue weighted by Crippen LogP contribution is 2.27. The number of ether oxygens (including phenoxy) is 1. The van der Waals surface area contributed by atoms with Crippen LogP contribution in [0.2, 0.25) is 0 Å². The molecule has 1 aliphatic rings. The highest BCUT2D eigenvalue weighted by atomic mass is 16.5. The number of aromatic nitrogens is 1. The molecule has 6 heteroatoms. The van der Waals surface area contributed by atoms with Crippen LogP contribution >= 0.6 is 0 Å². The summed E-state index contributed by atoms with van der Waals surface area (Å²) < 4.78 is 7.33. The van der Waals surface area contributed by atoms with Gasteiger partial charge in [0.1, 0.15) is 17.4 Å². The fourth-order valence-electron chi connectivity index (χ4n) is 3.69. The molecule has 2 aromatic rings. The van der Waals surface area contributed by atoms with Crippen molar-refractivity contribution in [2.75, 3.05) is 20.7 Å². The van der Waals surface area contributed by atoms with Crippen molar-refractivity contribution in [3.63, 3.8) is 0 Å². The molecule has 6 nitrogen and oxygen atoms in total. The van der Waals surface area contributed by atoms with Crippen molar-refractivity contribution in [1.82, 2.24) is 14.8 Å². The van der Waals surface area contributed by atoms with Crippen molar-refractivity contribution in [1.29, 1.82) is 5.26 Å². The zero-order chi connectivity index (χ0) is 21.8. The molecule has 3 rings (SSSR count). The number of hydrogen-bond acceptors (Lipinski definition) is 4. The van der Waals surface area contributed by atoms with Gasteiger partial charge in [0.05, 0.1) is 7.11 Å². The van der Waals surface area contributed by atoms with E-state index in [0.29, 0.717) is 12.6 Å². The standard InChI is InChI=1S/C24H30N4O2/c1-16-12-19(18(3)28(16)22-8-10-23(30-5)11-9-22)13-20(14-25)24(29)26-15-17(2)27(4)21-6-7-21/h8-13,17,21H,6-7,15H2,1-5H3,(H,26,29)/b20-13-. The van der Waals surface area contributed by atoms with Crippen molar-refractivity contribution in [2.45, 2.75) is 45.7 Å². The molecular formula is C24H30N4O2. The third-order valence-corrected chi connectivity index (χ3v) is 5.84. The third-order valence-electron chi connectivity index (χ3n) is 5.84. The molecule has 30 heavy (non-hydrogen) atoms. The van der Waals surface area contributed by atoms with E-state index in [2.05, 4.69) is 34.8 Å². The molecule has 1 amide bonds. The predicted octanol–water partition coefficient (Wildman–Crippen LogP) is 3.61. The van der Waals surface area contributed by atoms with Crippen molar-refractivity contribution < 1.29 is 9.53 Å². The fraction of sp³-hybridized carbons (Fsp3) is 0.417. The first kappa shape index (κ1) is 21.7. The van der Waals surface area contributed by atoms with Crippen LogP contribution in [0.4, 0.5) is 0 Å². The number of amides is 1. The Hall–Kier alpha value is -3.04. The Kier molecular flexibility index (Phi) is 6.63. The van der Waals surface area contributed by atoms with E-state index in [-0.39, 0.29) is 17.5 Å². The van der Waals surface area contributed by atoms with Gasteiger partial charge in [-0.2, -0.15) is 5.26 Å². The van der Waals surface area contributed by atoms with E-state index in [0.717, 1.165) is 28.4 Å². The van der Waals surface area contributed by atoms with E-state index in [1.807, 2.05) is 44.2 Å². The molecule has 1 aromatic heterocycles. The van der Waals surface area contributed by atoms with Crippen LogP contribution in [0.15, 0.2) is 35.9 Å². The van der Waals surface area contributed by atoms with Crippen LogP contribution in [0.25, 0.3) is 11.8 Å². The van der Waals surface area contributed by atoms with Crippen molar-refractivity contribution in [2.24, 2.45) is 0 Å². The molecule has 0 radical (unpaired) electrons. The van der Waals surface area contributed by atoms with E-state index in [9.17, 15) is 10.1 Å². The van der Waals surface area contributed by atoms with Gasteiger partial charge in [-0.05, 0) is 82.6 Å². The Bertz CT molecular complexity index is 978. The number of aryl methyl sites for hydroxylation is 1. The van der Waals surface area contributed by atoms with Crippen LogP contribution in [-0.4, -0.2) is 48.2 Å². The summed E-state index contributed by atoms with van der Waals surface area (Å²) in [6, 6.07) is 12.7. The summed E-state index contributed by atoms with van der Waals surface area (Å²) in [6.45, 7) is 6.62. The summed E-state index contributed by atoms with van der Waals surface area (Å²) in [7, 11) is 3.73. The minimum absolute atomic E-state index is 0.117. The van der Waals surface area contributed by atoms with Gasteiger partial charge < -0.3 is 14.6 Å². The van der Waals surface area contributed by atoms with E-state index in [1.54, 1.807) is 13.2 Å². The molecule has 0 saturated heterocycles. The minimum Gasteiger partial charge on any atom is -0.497 e. The second-order valence-electron chi connectivity index (χ2n) is 7.99. The van der Waals surface area contributed by atoms with Crippen molar-refractivity contribution >= 4 is 12.0 Å². The lowest BCUT2D eigenvalue weighted by molar-refractivity contribution is -0.117. The summed E-state index contributed by atoms with van der Waals surface area (Å²) in [5.41, 5.74) is 3.98. The maximum absolute atomic E-state index is 12.6. The van der Waals surface area contributed by atoms with Gasteiger partial charge in [-0.3, -0.25) is 9.69 Å². The summed E-state index contributed by atoms with van der Waals surface area (Å²) in [4.78, 5) is 14.9. The first-order valence-electron chi connectivity index (χ1n) is 10.3. The first-order valence-corrected chi connectivity index (χ1v) is 10.3. The number of rotatable bonds is 8. The summed E-state index contributed by atoms with van der Waals surface area (Å²) in [5, 5.41) is 12.5. The lowest BCUT2D eigenvalue weighted by Gasteiger charge is -2.24. The molecule has 1 fully saturated rings. The summed E-state index contributed by atoms with van der Waals surface area (Å²) >= 11 is 0. The smallest absolute Gasteiger partial charge is 0.262 e. The molecule has 1 aromatic carbocycles. The minimum atomic E-state index is -0.331. The highest BCUT2D eigenvalue weighted by molar-refractivity contribution is 6.01. The van der Waals surface area contributed by atoms with Crippen molar-refractivity contribution in [3.8, 4) is 17.5 Å². The third kappa shape index (κ3) is 4.74. The summed E-state index contributed by atoms with van der Waals surface area (Å²) in [5.74, 6) is 0.467. The molecule has 1 atom stereocenters. The van der Waals surface area contributed by atoms with Crippen molar-refractivity contribution in [3.05, 3.63) is 52.9 Å². The molecule has 1 saturated carbocycles. The molecule has 1 heterocycles. The largest absolute Gasteiger partial charge is 0.497 e. The second kappa shape index (κ2) is 9.19. The number of carbonyl (C=O) groups excluding carboxylic acids is 1. The quantitative estimate of drug-likeness (QED) is 0.537. The summed E-state index contributed by atoms with van der Waals surface area (Å²) in [6.07, 6.45) is 4.12. The van der Waals surface area contributed by atoms with Crippen LogP contribution in [0.1, 0.15) is 36.7 Å². The van der Waals surface area contributed by atoms with Crippen LogP contribution in [0.5, 0.6) is 5.75 Å². The maximum atomic E-state index is 12.6. The molecule has 1 unspecified atom stereocenters. The number of nitriles is 1. The average Bonchev–Trinajstić information content (AvgIpc) is 3.56. The van der Waals surface area contributed by atoms with Gasteiger partial charge in [0.25, 0.3) is 5.91 Å². The Balaban J connectivity index is 1.76. The number of nitrogens with one attached hydrogen (secondary N) is 1. The number of benzene rings is 1. The van der Waals surface area contributed by atoms with E-state index in [4.69, 9.17) is 4.74 Å². The van der Waals surface area contributed by atoms with Gasteiger partial charge in [-0.25, -0.2) is 0 Å². The van der Waals surface area contributed by atoms with Crippen LogP contribution in [0, 0.1) is 25.2 Å². The highest BCUT2D eigenvalue weighted by Gasteiger charge is 2.29. The Morgan fingerprint density at radius 3 is 2.60 bits per heavy atom. The second-order valence-corrected chi connectivity index (χ2v) is 7.99. The number of nitrogens with zero attached hydrogens (tertiary/aromatic N) is 3. The SMILES string of the molecule is COc1ccc(-n2c(C)cc(/C=C(/C#N)C(=O)NCC(C)N(C)C3CC3)c2C)cc1. The van der Waals surface area contributed by atoms with Gasteiger partial charge in [0.2, 0.25) is 0 Å². The topological polar surface area (TPSA) is 70.3 Å². The number of methoxy groups -OCH3 is 1.